The van der Waals surface area contributed by atoms with Crippen LogP contribution in [-0.4, -0.2) is 55.4 Å². The topological polar surface area (TPSA) is 140 Å². The molecule has 10 nitrogen and oxygen atoms in total. The number of hydrogen-bond acceptors (Lipinski definition) is 6. The van der Waals surface area contributed by atoms with Gasteiger partial charge in [-0.15, -0.1) is 0 Å². The minimum Gasteiger partial charge on any atom is -0.480 e. The molecule has 2 rings (SSSR count). The summed E-state index contributed by atoms with van der Waals surface area (Å²) in [7, 11) is -2.32. The van der Waals surface area contributed by atoms with Crippen LogP contribution in [0.25, 0.3) is 0 Å². The van der Waals surface area contributed by atoms with Crippen molar-refractivity contribution < 1.29 is 27.9 Å². The second kappa shape index (κ2) is 8.75. The zero-order valence-electron chi connectivity index (χ0n) is 14.8. The van der Waals surface area contributed by atoms with E-state index in [-0.39, 0.29) is 36.0 Å². The summed E-state index contributed by atoms with van der Waals surface area (Å²) in [5.74, 6) is -1.46. The molecule has 0 saturated heterocycles. The highest BCUT2D eigenvalue weighted by Gasteiger charge is 2.18. The lowest BCUT2D eigenvalue weighted by Crippen LogP contribution is -2.27. The van der Waals surface area contributed by atoms with Crippen molar-refractivity contribution in [1.82, 2.24) is 14.5 Å². The molecule has 1 aromatic heterocycles. The average molecular weight is 396 g/mol. The Kier molecular flexibility index (Phi) is 6.66. The standard InChI is InChI=1S/C16H20N4O6S/c1-11-3-4-12(27(24,25)17-6-8-26-2)9-13(11)16(23)18-14-5-7-20(19-14)10-15(21)22/h3-5,7,9,17H,6,8,10H2,1-2H3,(H,21,22)(H,18,19,23). The summed E-state index contributed by atoms with van der Waals surface area (Å²) >= 11 is 0. The van der Waals surface area contributed by atoms with Gasteiger partial charge in [0.25, 0.3) is 5.91 Å². The number of ether oxygens (including phenoxy) is 1. The minimum atomic E-state index is -3.78. The quantitative estimate of drug-likeness (QED) is 0.523. The lowest BCUT2D eigenvalue weighted by atomic mass is 10.1. The first kappa shape index (κ1) is 20.6. The Morgan fingerprint density at radius 1 is 1.30 bits per heavy atom. The lowest BCUT2D eigenvalue weighted by Gasteiger charge is -2.10. The number of nitrogens with one attached hydrogen (secondary N) is 2. The molecule has 1 heterocycles. The van der Waals surface area contributed by atoms with Gasteiger partial charge in [-0.05, 0) is 24.6 Å². The number of rotatable bonds is 9. The van der Waals surface area contributed by atoms with Crippen LogP contribution in [0, 0.1) is 6.92 Å². The van der Waals surface area contributed by atoms with Gasteiger partial charge in [-0.2, -0.15) is 5.10 Å². The van der Waals surface area contributed by atoms with Crippen molar-refractivity contribution in [2.45, 2.75) is 18.4 Å². The number of aromatic nitrogens is 2. The van der Waals surface area contributed by atoms with Crippen LogP contribution >= 0.6 is 0 Å². The third-order valence-electron chi connectivity index (χ3n) is 3.54. The highest BCUT2D eigenvalue weighted by molar-refractivity contribution is 7.89. The molecule has 0 bridgehead atoms. The number of sulfonamides is 1. The van der Waals surface area contributed by atoms with E-state index in [0.29, 0.717) is 5.56 Å². The number of carboxylic acids is 1. The van der Waals surface area contributed by atoms with E-state index in [4.69, 9.17) is 9.84 Å². The number of aryl methyl sites for hydroxylation is 1. The van der Waals surface area contributed by atoms with Gasteiger partial charge in [-0.1, -0.05) is 6.07 Å². The molecule has 27 heavy (non-hydrogen) atoms. The van der Waals surface area contributed by atoms with E-state index in [1.54, 1.807) is 6.92 Å². The summed E-state index contributed by atoms with van der Waals surface area (Å²) in [4.78, 5) is 23.1. The summed E-state index contributed by atoms with van der Waals surface area (Å²) in [6.45, 7) is 1.66. The average Bonchev–Trinajstić information content (AvgIpc) is 3.01. The maximum absolute atomic E-state index is 12.5. The van der Waals surface area contributed by atoms with Crippen molar-refractivity contribution in [3.63, 3.8) is 0 Å². The van der Waals surface area contributed by atoms with Gasteiger partial charge < -0.3 is 15.2 Å². The molecule has 0 radical (unpaired) electrons. The van der Waals surface area contributed by atoms with Gasteiger partial charge in [-0.25, -0.2) is 13.1 Å². The first-order valence-corrected chi connectivity index (χ1v) is 9.37. The number of hydrogen-bond donors (Lipinski definition) is 3. The number of nitrogens with zero attached hydrogens (tertiary/aromatic N) is 2. The smallest absolute Gasteiger partial charge is 0.325 e. The first-order valence-electron chi connectivity index (χ1n) is 7.89. The van der Waals surface area contributed by atoms with Crippen molar-refractivity contribution in [2.75, 3.05) is 25.6 Å². The number of aliphatic carboxylic acids is 1. The third-order valence-corrected chi connectivity index (χ3v) is 5.00. The molecule has 0 fully saturated rings. The summed E-state index contributed by atoms with van der Waals surface area (Å²) in [5, 5.41) is 15.2. The van der Waals surface area contributed by atoms with Crippen LogP contribution in [0.1, 0.15) is 15.9 Å². The number of methoxy groups -OCH3 is 1. The van der Waals surface area contributed by atoms with E-state index < -0.39 is 21.9 Å². The molecule has 0 aliphatic heterocycles. The molecule has 1 amide bonds. The van der Waals surface area contributed by atoms with Crippen molar-refractivity contribution in [3.05, 3.63) is 41.6 Å². The number of amides is 1. The Bertz CT molecular complexity index is 938. The van der Waals surface area contributed by atoms with E-state index in [2.05, 4.69) is 15.1 Å². The van der Waals surface area contributed by atoms with Crippen LogP contribution < -0.4 is 10.0 Å². The molecule has 0 spiro atoms. The molecular formula is C16H20N4O6S. The maximum atomic E-state index is 12.5. The van der Waals surface area contributed by atoms with Crippen LogP contribution in [0.4, 0.5) is 5.82 Å². The normalized spacial score (nSPS) is 11.3. The lowest BCUT2D eigenvalue weighted by molar-refractivity contribution is -0.137. The largest absolute Gasteiger partial charge is 0.480 e. The minimum absolute atomic E-state index is 0.0502. The Balaban J connectivity index is 2.18. The monoisotopic (exact) mass is 396 g/mol. The van der Waals surface area contributed by atoms with Crippen LogP contribution in [0.3, 0.4) is 0 Å². The Morgan fingerprint density at radius 3 is 2.70 bits per heavy atom. The fraction of sp³-hybridized carbons (Fsp3) is 0.312. The predicted molar refractivity (Wildman–Crippen MR) is 96.1 cm³/mol. The summed E-state index contributed by atoms with van der Waals surface area (Å²) in [5.41, 5.74) is 0.741. The van der Waals surface area contributed by atoms with Gasteiger partial charge in [0.15, 0.2) is 5.82 Å². The number of carboxylic acid groups (broad SMARTS) is 1. The molecule has 2 aromatic rings. The molecule has 0 unspecified atom stereocenters. The number of carbonyl (C=O) groups is 2. The van der Waals surface area contributed by atoms with Gasteiger partial charge in [0, 0.05) is 31.5 Å². The van der Waals surface area contributed by atoms with Gasteiger partial charge >= 0.3 is 5.97 Å². The van der Waals surface area contributed by atoms with Crippen LogP contribution in [-0.2, 0) is 26.1 Å². The van der Waals surface area contributed by atoms with Crippen LogP contribution in [0.15, 0.2) is 35.4 Å². The molecule has 0 aliphatic rings. The molecule has 146 valence electrons. The highest BCUT2D eigenvalue weighted by Crippen LogP contribution is 2.17. The van der Waals surface area contributed by atoms with E-state index in [0.717, 1.165) is 4.68 Å². The van der Waals surface area contributed by atoms with Gasteiger partial charge in [-0.3, -0.25) is 14.3 Å². The number of carbonyl (C=O) groups excluding carboxylic acids is 1. The highest BCUT2D eigenvalue weighted by atomic mass is 32.2. The van der Waals surface area contributed by atoms with E-state index in [1.807, 2.05) is 0 Å². The van der Waals surface area contributed by atoms with Crippen molar-refractivity contribution in [3.8, 4) is 0 Å². The summed E-state index contributed by atoms with van der Waals surface area (Å²) < 4.78 is 32.9. The summed E-state index contributed by atoms with van der Waals surface area (Å²) in [6, 6.07) is 5.66. The molecule has 0 atom stereocenters. The van der Waals surface area contributed by atoms with E-state index in [1.165, 1.54) is 37.6 Å². The molecular weight excluding hydrogens is 376 g/mol. The van der Waals surface area contributed by atoms with Crippen molar-refractivity contribution in [2.24, 2.45) is 0 Å². The van der Waals surface area contributed by atoms with Crippen molar-refractivity contribution in [1.29, 1.82) is 0 Å². The van der Waals surface area contributed by atoms with Gasteiger partial charge in [0.1, 0.15) is 6.54 Å². The fourth-order valence-electron chi connectivity index (χ4n) is 2.21. The molecule has 0 saturated carbocycles. The zero-order chi connectivity index (χ0) is 20.0. The van der Waals surface area contributed by atoms with Crippen LogP contribution in [0.2, 0.25) is 0 Å². The fourth-order valence-corrected chi connectivity index (χ4v) is 3.25. The summed E-state index contributed by atoms with van der Waals surface area (Å²) in [6.07, 6.45) is 1.41. The second-order valence-corrected chi connectivity index (χ2v) is 7.38. The van der Waals surface area contributed by atoms with E-state index >= 15 is 0 Å². The Morgan fingerprint density at radius 2 is 2.04 bits per heavy atom. The van der Waals surface area contributed by atoms with Gasteiger partial charge in [0.2, 0.25) is 10.0 Å². The Hall–Kier alpha value is -2.76. The SMILES string of the molecule is COCCNS(=O)(=O)c1ccc(C)c(C(=O)Nc2ccn(CC(=O)O)n2)c1. The van der Waals surface area contributed by atoms with Crippen molar-refractivity contribution >= 4 is 27.7 Å². The zero-order valence-corrected chi connectivity index (χ0v) is 15.6. The van der Waals surface area contributed by atoms with Gasteiger partial charge in [0.05, 0.1) is 11.5 Å². The third kappa shape index (κ3) is 5.61. The molecule has 3 N–H and O–H groups in total. The predicted octanol–water partition coefficient (Wildman–Crippen LogP) is 0.453. The molecule has 1 aromatic carbocycles. The number of anilines is 1. The number of benzene rings is 1. The Labute approximate surface area is 156 Å². The second-order valence-electron chi connectivity index (χ2n) is 5.61. The first-order chi connectivity index (χ1) is 12.7. The van der Waals surface area contributed by atoms with E-state index in [9.17, 15) is 18.0 Å². The maximum Gasteiger partial charge on any atom is 0.325 e. The van der Waals surface area contributed by atoms with Crippen LogP contribution in [0.5, 0.6) is 0 Å². The molecule has 0 aliphatic carbocycles. The molecule has 11 heteroatoms.